The Bertz CT molecular complexity index is 1550. The average molecular weight is 640 g/mol. The summed E-state index contributed by atoms with van der Waals surface area (Å²) in [5.41, 5.74) is 9.88. The summed E-state index contributed by atoms with van der Waals surface area (Å²) in [6.45, 7) is 9.24. The summed E-state index contributed by atoms with van der Waals surface area (Å²) >= 11 is -4.68. The van der Waals surface area contributed by atoms with Gasteiger partial charge in [-0.05, 0) is 0 Å². The molecule has 0 saturated carbocycles. The summed E-state index contributed by atoms with van der Waals surface area (Å²) in [7, 11) is 20.7. The molecule has 0 fully saturated rings. The summed E-state index contributed by atoms with van der Waals surface area (Å²) in [6.07, 6.45) is 12.4. The number of nitrogens with zero attached hydrogens (tertiary/aromatic N) is 4. The Morgan fingerprint density at radius 1 is 0.737 bits per heavy atom. The molecule has 4 aromatic rings. The minimum atomic E-state index is -4.68. The molecule has 0 aliphatic heterocycles. The van der Waals surface area contributed by atoms with Crippen molar-refractivity contribution in [1.29, 1.82) is 0 Å². The van der Waals surface area contributed by atoms with Gasteiger partial charge in [-0.25, -0.2) is 0 Å². The quantitative estimate of drug-likeness (QED) is 0.207. The van der Waals surface area contributed by atoms with Gasteiger partial charge in [-0.15, -0.1) is 0 Å². The van der Waals surface area contributed by atoms with Gasteiger partial charge in [-0.1, -0.05) is 0 Å². The molecule has 0 N–H and O–H groups in total. The summed E-state index contributed by atoms with van der Waals surface area (Å²) in [6, 6.07) is 13.2. The molecule has 2 aliphatic rings. The van der Waals surface area contributed by atoms with Crippen LogP contribution in [0, 0.1) is 0 Å². The second-order valence-corrected chi connectivity index (χ2v) is 53.9. The number of hydrogen-bond acceptors (Lipinski definition) is 2. The number of imidazole rings is 2. The van der Waals surface area contributed by atoms with Crippen molar-refractivity contribution in [3.63, 3.8) is 0 Å². The van der Waals surface area contributed by atoms with E-state index in [4.69, 9.17) is 17.0 Å². The third-order valence-electron chi connectivity index (χ3n) is 8.89. The fraction of sp³-hybridized carbons (Fsp3) is 0.267. The number of benzene rings is 2. The fourth-order valence-corrected chi connectivity index (χ4v) is 40.0. The topological polar surface area (TPSA) is 35.6 Å². The summed E-state index contributed by atoms with van der Waals surface area (Å²) in [5, 5.41) is 0. The van der Waals surface area contributed by atoms with Gasteiger partial charge >= 0.3 is 235 Å². The van der Waals surface area contributed by atoms with E-state index in [1.54, 1.807) is 0 Å². The van der Waals surface area contributed by atoms with Gasteiger partial charge in [0.05, 0.1) is 0 Å². The minimum absolute atomic E-state index is 0.0674. The predicted octanol–water partition coefficient (Wildman–Crippen LogP) is 8.08. The van der Waals surface area contributed by atoms with E-state index < -0.39 is 21.5 Å². The number of allylic oxidation sites excluding steroid dienone is 2. The van der Waals surface area contributed by atoms with E-state index in [1.165, 1.54) is 33.4 Å². The molecule has 38 heavy (non-hydrogen) atoms. The molecule has 8 heteroatoms. The molecule has 0 bridgehead atoms. The standard InChI is InChI=1S/2C14H13N2.C2H7Si.2ClH.Zr/c2*1-10-8-11-4-3-5-12(13(11)9-10)14-15-6-7-16(14)2;1-3-2;;;/h2*3-9H,1-2H3;3H,1-2H3;2*1H;/q;;;;;+2/p-2. The number of hydrogen-bond donors (Lipinski definition) is 0. The van der Waals surface area contributed by atoms with Crippen LogP contribution in [-0.2, 0) is 29.7 Å². The van der Waals surface area contributed by atoms with Crippen molar-refractivity contribution in [3.05, 3.63) is 94.6 Å². The molecule has 2 aromatic carbocycles. The summed E-state index contributed by atoms with van der Waals surface area (Å²) in [4.78, 5) is 9.33. The molecule has 2 heterocycles. The summed E-state index contributed by atoms with van der Waals surface area (Å²) in [5.74, 6) is 0.361. The van der Waals surface area contributed by atoms with E-state index in [0.29, 0.717) is 0 Å². The third-order valence-corrected chi connectivity index (χ3v) is 61.2. The van der Waals surface area contributed by atoms with Crippen LogP contribution in [0.2, 0.25) is 13.1 Å². The van der Waals surface area contributed by atoms with Crippen LogP contribution in [0.4, 0.5) is 0 Å². The van der Waals surface area contributed by atoms with Gasteiger partial charge in [0.2, 0.25) is 0 Å². The number of rotatable bonds is 5. The van der Waals surface area contributed by atoms with Crippen molar-refractivity contribution in [3.8, 4) is 22.8 Å². The molecule has 2 unspecified atom stereocenters. The Morgan fingerprint density at radius 2 is 1.16 bits per heavy atom. The molecule has 0 spiro atoms. The normalized spacial score (nSPS) is 19.7. The van der Waals surface area contributed by atoms with E-state index in [1.807, 2.05) is 38.9 Å². The Kier molecular flexibility index (Phi) is 6.23. The Balaban J connectivity index is 1.57. The zero-order valence-electron chi connectivity index (χ0n) is 22.7. The molecular formula is C30H33Cl2N4SiZr. The molecule has 0 saturated heterocycles. The number of aromatic nitrogens is 4. The van der Waals surface area contributed by atoms with Crippen LogP contribution in [0.1, 0.15) is 43.4 Å². The van der Waals surface area contributed by atoms with Crippen LogP contribution in [0.25, 0.3) is 34.9 Å². The Labute approximate surface area is 233 Å². The van der Waals surface area contributed by atoms with E-state index in [-0.39, 0.29) is 7.25 Å². The zero-order valence-corrected chi connectivity index (χ0v) is 27.8. The number of halogens is 2. The molecular weight excluding hydrogens is 607 g/mol. The number of aryl methyl sites for hydroxylation is 2. The first-order chi connectivity index (χ1) is 18.0. The van der Waals surface area contributed by atoms with Crippen molar-refractivity contribution in [2.75, 3.05) is 0 Å². The molecule has 0 amide bonds. The molecule has 0 radical (unpaired) electrons. The van der Waals surface area contributed by atoms with Crippen LogP contribution < -0.4 is 0 Å². The predicted molar refractivity (Wildman–Crippen MR) is 161 cm³/mol. The monoisotopic (exact) mass is 637 g/mol. The van der Waals surface area contributed by atoms with Crippen molar-refractivity contribution in [1.82, 2.24) is 19.1 Å². The second kappa shape index (κ2) is 9.02. The molecule has 195 valence electrons. The van der Waals surface area contributed by atoms with Gasteiger partial charge in [0.1, 0.15) is 0 Å². The molecule has 4 nitrogen and oxygen atoms in total. The SMILES string of the molecule is CC1=Cc2c(-c3nccn3C)cccc2[CH]1[Zr]([Cl])([Cl])([CH]1C(C)=Cc2c(-c3nccn3C)cccc21)[SiH](C)C. The van der Waals surface area contributed by atoms with E-state index in [9.17, 15) is 0 Å². The molecule has 2 atom stereocenters. The van der Waals surface area contributed by atoms with Gasteiger partial charge in [0.25, 0.3) is 0 Å². The first-order valence-electron chi connectivity index (χ1n) is 13.2. The molecule has 6 rings (SSSR count). The van der Waals surface area contributed by atoms with Gasteiger partial charge in [0, 0.05) is 0 Å². The fourth-order valence-electron chi connectivity index (χ4n) is 7.04. The van der Waals surface area contributed by atoms with Crippen molar-refractivity contribution in [2.45, 2.75) is 34.2 Å². The van der Waals surface area contributed by atoms with Crippen molar-refractivity contribution in [2.24, 2.45) is 14.1 Å². The first kappa shape index (κ1) is 26.3. The van der Waals surface area contributed by atoms with Crippen LogP contribution in [0.15, 0.2) is 72.3 Å². The van der Waals surface area contributed by atoms with E-state index in [2.05, 4.69) is 94.6 Å². The van der Waals surface area contributed by atoms with Gasteiger partial charge in [0.15, 0.2) is 0 Å². The molecule has 2 aromatic heterocycles. The second-order valence-electron chi connectivity index (χ2n) is 11.4. The maximum atomic E-state index is 8.32. The Hall–Kier alpha value is -1.98. The van der Waals surface area contributed by atoms with Crippen molar-refractivity contribution < 1.29 is 15.6 Å². The van der Waals surface area contributed by atoms with E-state index >= 15 is 0 Å². The molecule has 2 aliphatic carbocycles. The first-order valence-corrected chi connectivity index (χ1v) is 29.5. The average Bonchev–Trinajstić information content (AvgIpc) is 3.63. The van der Waals surface area contributed by atoms with E-state index in [0.717, 1.165) is 22.8 Å². The Morgan fingerprint density at radius 3 is 1.50 bits per heavy atom. The van der Waals surface area contributed by atoms with Gasteiger partial charge in [-0.2, -0.15) is 0 Å². The maximum absolute atomic E-state index is 8.32. The van der Waals surface area contributed by atoms with Crippen LogP contribution >= 0.6 is 17.0 Å². The van der Waals surface area contributed by atoms with Crippen LogP contribution in [-0.4, -0.2) is 25.0 Å². The van der Waals surface area contributed by atoms with Crippen LogP contribution in [0.5, 0.6) is 0 Å². The van der Waals surface area contributed by atoms with Crippen LogP contribution in [0.3, 0.4) is 0 Å². The third kappa shape index (κ3) is 3.56. The number of fused-ring (bicyclic) bond motifs is 2. The summed E-state index contributed by atoms with van der Waals surface area (Å²) < 4.78 is 4.29. The van der Waals surface area contributed by atoms with Gasteiger partial charge in [-0.3, -0.25) is 0 Å². The van der Waals surface area contributed by atoms with Gasteiger partial charge < -0.3 is 0 Å². The zero-order chi connectivity index (χ0) is 27.0. The van der Waals surface area contributed by atoms with Crippen molar-refractivity contribution >= 4 is 35.1 Å².